The Labute approximate surface area is 91.5 Å². The van der Waals surface area contributed by atoms with E-state index in [0.29, 0.717) is 4.60 Å². The maximum absolute atomic E-state index is 10.6. The van der Waals surface area contributed by atoms with Crippen LogP contribution in [0.5, 0.6) is 0 Å². The van der Waals surface area contributed by atoms with Gasteiger partial charge in [-0.3, -0.25) is 10.1 Å². The van der Waals surface area contributed by atoms with Crippen LogP contribution in [0.15, 0.2) is 9.21 Å². The van der Waals surface area contributed by atoms with Crippen LogP contribution in [0, 0.1) is 10.1 Å². The SMILES string of the molecule is CC(C)n1nc(Br)c([N+](=O)[O-])c1Br. The standard InChI is InChI=1S/C6H7Br2N3O2/c1-3(2)10-6(8)4(11(12)13)5(7)9-10/h3H,1-2H3. The van der Waals surface area contributed by atoms with Gasteiger partial charge < -0.3 is 0 Å². The third-order valence-corrected chi connectivity index (χ3v) is 2.73. The van der Waals surface area contributed by atoms with Crippen LogP contribution >= 0.6 is 31.9 Å². The van der Waals surface area contributed by atoms with Crippen LogP contribution in [0.4, 0.5) is 5.69 Å². The van der Waals surface area contributed by atoms with Crippen LogP contribution in [0.2, 0.25) is 0 Å². The van der Waals surface area contributed by atoms with Crippen LogP contribution in [0.3, 0.4) is 0 Å². The molecule has 0 aromatic carbocycles. The molecule has 72 valence electrons. The van der Waals surface area contributed by atoms with E-state index in [1.54, 1.807) is 4.68 Å². The zero-order valence-corrected chi connectivity index (χ0v) is 10.2. The smallest absolute Gasteiger partial charge is 0.258 e. The van der Waals surface area contributed by atoms with E-state index in [4.69, 9.17) is 0 Å². The average Bonchev–Trinajstić information content (AvgIpc) is 2.26. The maximum Gasteiger partial charge on any atom is 0.335 e. The fourth-order valence-corrected chi connectivity index (χ4v) is 2.46. The first-order valence-electron chi connectivity index (χ1n) is 3.53. The van der Waals surface area contributed by atoms with Gasteiger partial charge in [-0.2, -0.15) is 5.10 Å². The van der Waals surface area contributed by atoms with Gasteiger partial charge in [0.05, 0.1) is 4.92 Å². The lowest BCUT2D eigenvalue weighted by molar-refractivity contribution is -0.386. The Hall–Kier alpha value is -0.430. The summed E-state index contributed by atoms with van der Waals surface area (Å²) in [4.78, 5) is 10.1. The molecule has 0 amide bonds. The minimum atomic E-state index is -0.472. The van der Waals surface area contributed by atoms with Crippen molar-refractivity contribution in [3.05, 3.63) is 19.3 Å². The summed E-state index contributed by atoms with van der Waals surface area (Å²) in [5.74, 6) is 0. The van der Waals surface area contributed by atoms with Gasteiger partial charge >= 0.3 is 5.69 Å². The first-order valence-corrected chi connectivity index (χ1v) is 5.11. The quantitative estimate of drug-likeness (QED) is 0.623. The Balaban J connectivity index is 3.30. The zero-order valence-electron chi connectivity index (χ0n) is 6.99. The topological polar surface area (TPSA) is 61.0 Å². The maximum atomic E-state index is 10.6. The molecule has 0 unspecified atom stereocenters. The normalized spacial score (nSPS) is 10.8. The Morgan fingerprint density at radius 2 is 2.08 bits per heavy atom. The highest BCUT2D eigenvalue weighted by Gasteiger charge is 2.25. The van der Waals surface area contributed by atoms with Crippen molar-refractivity contribution in [2.45, 2.75) is 19.9 Å². The van der Waals surface area contributed by atoms with E-state index in [1.807, 2.05) is 13.8 Å². The molecule has 0 N–H and O–H groups in total. The number of hydrogen-bond acceptors (Lipinski definition) is 3. The first kappa shape index (κ1) is 10.6. The second-order valence-electron chi connectivity index (χ2n) is 2.73. The van der Waals surface area contributed by atoms with Crippen molar-refractivity contribution >= 4 is 37.5 Å². The first-order chi connectivity index (χ1) is 5.95. The number of rotatable bonds is 2. The molecule has 5 nitrogen and oxygen atoms in total. The number of aromatic nitrogens is 2. The Morgan fingerprint density at radius 1 is 1.54 bits per heavy atom. The Bertz CT molecular complexity index is 348. The third kappa shape index (κ3) is 1.91. The fourth-order valence-electron chi connectivity index (χ4n) is 0.872. The average molecular weight is 313 g/mol. The minimum absolute atomic E-state index is 0.0336. The van der Waals surface area contributed by atoms with Crippen molar-refractivity contribution in [1.29, 1.82) is 0 Å². The molecule has 1 aromatic heterocycles. The highest BCUT2D eigenvalue weighted by molar-refractivity contribution is 9.11. The molecule has 0 fully saturated rings. The summed E-state index contributed by atoms with van der Waals surface area (Å²) in [5, 5.41) is 14.5. The van der Waals surface area contributed by atoms with E-state index in [1.165, 1.54) is 0 Å². The van der Waals surface area contributed by atoms with Crippen molar-refractivity contribution in [2.24, 2.45) is 0 Å². The van der Waals surface area contributed by atoms with Crippen LogP contribution in [0.1, 0.15) is 19.9 Å². The molecule has 0 saturated heterocycles. The molecule has 0 atom stereocenters. The summed E-state index contributed by atoms with van der Waals surface area (Å²) < 4.78 is 2.18. The van der Waals surface area contributed by atoms with E-state index >= 15 is 0 Å². The van der Waals surface area contributed by atoms with Crippen LogP contribution in [-0.2, 0) is 0 Å². The predicted molar refractivity (Wildman–Crippen MR) is 54.7 cm³/mol. The second kappa shape index (κ2) is 3.75. The molecule has 0 saturated carbocycles. The number of hydrogen-bond donors (Lipinski definition) is 0. The molecule has 0 radical (unpaired) electrons. The number of nitro groups is 1. The molecule has 0 spiro atoms. The molecular formula is C6H7Br2N3O2. The van der Waals surface area contributed by atoms with Gasteiger partial charge in [0.1, 0.15) is 0 Å². The second-order valence-corrected chi connectivity index (χ2v) is 4.23. The van der Waals surface area contributed by atoms with Gasteiger partial charge in [-0.1, -0.05) is 0 Å². The molecule has 1 heterocycles. The summed E-state index contributed by atoms with van der Waals surface area (Å²) in [6.45, 7) is 3.79. The number of halogens is 2. The molecule has 0 aliphatic heterocycles. The molecule has 0 aliphatic carbocycles. The monoisotopic (exact) mass is 311 g/mol. The van der Waals surface area contributed by atoms with Crippen molar-refractivity contribution in [3.63, 3.8) is 0 Å². The number of nitrogens with zero attached hydrogens (tertiary/aromatic N) is 3. The van der Waals surface area contributed by atoms with E-state index < -0.39 is 4.92 Å². The van der Waals surface area contributed by atoms with Crippen molar-refractivity contribution < 1.29 is 4.92 Å². The fraction of sp³-hybridized carbons (Fsp3) is 0.500. The minimum Gasteiger partial charge on any atom is -0.258 e. The molecule has 0 aliphatic rings. The largest absolute Gasteiger partial charge is 0.335 e. The van der Waals surface area contributed by atoms with E-state index in [9.17, 15) is 10.1 Å². The predicted octanol–water partition coefficient (Wildman–Crippen LogP) is 2.90. The lowest BCUT2D eigenvalue weighted by atomic mass is 10.4. The highest BCUT2D eigenvalue weighted by Crippen LogP contribution is 2.33. The van der Waals surface area contributed by atoms with Crippen LogP contribution in [0.25, 0.3) is 0 Å². The van der Waals surface area contributed by atoms with E-state index in [0.717, 1.165) is 0 Å². The molecule has 7 heteroatoms. The van der Waals surface area contributed by atoms with Crippen molar-refractivity contribution in [2.75, 3.05) is 0 Å². The van der Waals surface area contributed by atoms with Crippen LogP contribution in [-0.4, -0.2) is 14.7 Å². The summed E-state index contributed by atoms with van der Waals surface area (Å²) in [7, 11) is 0. The zero-order chi connectivity index (χ0) is 10.2. The highest BCUT2D eigenvalue weighted by atomic mass is 79.9. The van der Waals surface area contributed by atoms with Gasteiger partial charge in [0.25, 0.3) is 0 Å². The van der Waals surface area contributed by atoms with Gasteiger partial charge in [-0.25, -0.2) is 4.68 Å². The molecule has 1 rings (SSSR count). The van der Waals surface area contributed by atoms with E-state index in [2.05, 4.69) is 37.0 Å². The Kier molecular flexibility index (Phi) is 3.07. The van der Waals surface area contributed by atoms with Crippen molar-refractivity contribution in [1.82, 2.24) is 9.78 Å². The van der Waals surface area contributed by atoms with Gasteiger partial charge in [-0.05, 0) is 45.7 Å². The van der Waals surface area contributed by atoms with Gasteiger partial charge in [0, 0.05) is 6.04 Å². The Morgan fingerprint density at radius 3 is 2.31 bits per heavy atom. The summed E-state index contributed by atoms with van der Waals surface area (Å²) in [6.07, 6.45) is 0. The van der Waals surface area contributed by atoms with Gasteiger partial charge in [0.15, 0.2) is 4.60 Å². The lowest BCUT2D eigenvalue weighted by Gasteiger charge is -2.04. The molecule has 0 bridgehead atoms. The van der Waals surface area contributed by atoms with Gasteiger partial charge in [-0.15, -0.1) is 0 Å². The van der Waals surface area contributed by atoms with E-state index in [-0.39, 0.29) is 16.3 Å². The summed E-state index contributed by atoms with van der Waals surface area (Å²) >= 11 is 6.17. The molecule has 1 aromatic rings. The molecule has 13 heavy (non-hydrogen) atoms. The molecular weight excluding hydrogens is 306 g/mol. The van der Waals surface area contributed by atoms with Gasteiger partial charge in [0.2, 0.25) is 4.60 Å². The summed E-state index contributed by atoms with van der Waals surface area (Å²) in [5.41, 5.74) is -0.0336. The lowest BCUT2D eigenvalue weighted by Crippen LogP contribution is -2.02. The summed E-state index contributed by atoms with van der Waals surface area (Å²) in [6, 6.07) is 0.0828. The third-order valence-electron chi connectivity index (χ3n) is 1.46. The van der Waals surface area contributed by atoms with Crippen molar-refractivity contribution in [3.8, 4) is 0 Å². The van der Waals surface area contributed by atoms with Crippen LogP contribution < -0.4 is 0 Å².